The van der Waals surface area contributed by atoms with Crippen molar-refractivity contribution < 1.29 is 9.90 Å². The van der Waals surface area contributed by atoms with Crippen molar-refractivity contribution in [2.45, 2.75) is 0 Å². The van der Waals surface area contributed by atoms with Crippen LogP contribution in [0.15, 0.2) is 46.9 Å². The van der Waals surface area contributed by atoms with E-state index in [0.717, 1.165) is 15.6 Å². The Kier molecular flexibility index (Phi) is 3.50. The Labute approximate surface area is 112 Å². The molecule has 17 heavy (non-hydrogen) atoms. The lowest BCUT2D eigenvalue weighted by Gasteiger charge is -2.04. The van der Waals surface area contributed by atoms with Crippen molar-refractivity contribution in [3.63, 3.8) is 0 Å². The molecule has 0 radical (unpaired) electrons. The van der Waals surface area contributed by atoms with Gasteiger partial charge in [0, 0.05) is 4.47 Å². The Morgan fingerprint density at radius 2 is 1.65 bits per heavy atom. The summed E-state index contributed by atoms with van der Waals surface area (Å²) in [6.07, 6.45) is 0. The van der Waals surface area contributed by atoms with Crippen LogP contribution >= 0.6 is 27.5 Å². The predicted octanol–water partition coefficient (Wildman–Crippen LogP) is 4.47. The molecule has 0 aliphatic carbocycles. The van der Waals surface area contributed by atoms with E-state index in [1.54, 1.807) is 24.3 Å². The fourth-order valence-corrected chi connectivity index (χ4v) is 1.91. The number of carbonyl (C=O) groups is 1. The Morgan fingerprint density at radius 1 is 1.06 bits per heavy atom. The molecular weight excluding hydrogens is 303 g/mol. The van der Waals surface area contributed by atoms with Crippen molar-refractivity contribution in [1.82, 2.24) is 0 Å². The molecule has 0 fully saturated rings. The molecule has 0 bridgehead atoms. The molecule has 0 aliphatic heterocycles. The van der Waals surface area contributed by atoms with Crippen molar-refractivity contribution in [3.8, 4) is 11.1 Å². The third-order valence-electron chi connectivity index (χ3n) is 2.38. The Hall–Kier alpha value is -1.32. The molecule has 0 atom stereocenters. The molecule has 0 aromatic heterocycles. The van der Waals surface area contributed by atoms with Gasteiger partial charge in [-0.15, -0.1) is 0 Å². The summed E-state index contributed by atoms with van der Waals surface area (Å²) in [5, 5.41) is 9.43. The molecule has 0 saturated heterocycles. The quantitative estimate of drug-likeness (QED) is 0.888. The van der Waals surface area contributed by atoms with Crippen LogP contribution in [0.5, 0.6) is 0 Å². The molecule has 2 aromatic rings. The van der Waals surface area contributed by atoms with Gasteiger partial charge < -0.3 is 5.11 Å². The Bertz CT molecular complexity index is 564. The van der Waals surface area contributed by atoms with Gasteiger partial charge in [-0.3, -0.25) is 0 Å². The van der Waals surface area contributed by atoms with E-state index in [9.17, 15) is 4.79 Å². The third-order valence-corrected chi connectivity index (χ3v) is 3.62. The van der Waals surface area contributed by atoms with Crippen LogP contribution in [-0.2, 0) is 0 Å². The number of carboxylic acid groups (broad SMARTS) is 1. The van der Waals surface area contributed by atoms with Crippen LogP contribution in [0.4, 0.5) is 0 Å². The Morgan fingerprint density at radius 3 is 2.18 bits per heavy atom. The van der Waals surface area contributed by atoms with Crippen LogP contribution in [0.25, 0.3) is 11.1 Å². The van der Waals surface area contributed by atoms with Gasteiger partial charge in [0.2, 0.25) is 0 Å². The van der Waals surface area contributed by atoms with Crippen LogP contribution in [0.1, 0.15) is 10.4 Å². The fraction of sp³-hybridized carbons (Fsp3) is 0. The lowest BCUT2D eigenvalue weighted by atomic mass is 10.0. The summed E-state index contributed by atoms with van der Waals surface area (Å²) < 4.78 is 0.838. The molecule has 0 spiro atoms. The number of carboxylic acids is 1. The minimum absolute atomic E-state index is 0.275. The molecule has 2 rings (SSSR count). The van der Waals surface area contributed by atoms with Gasteiger partial charge in [-0.05, 0) is 51.3 Å². The lowest BCUT2D eigenvalue weighted by Crippen LogP contribution is -1.94. The highest BCUT2D eigenvalue weighted by Crippen LogP contribution is 2.28. The normalized spacial score (nSPS) is 10.2. The molecule has 2 aromatic carbocycles. The molecule has 0 aliphatic rings. The standard InChI is InChI=1S/C13H8BrClO2/c14-11-6-5-10(7-12(11)15)8-1-3-9(4-2-8)13(16)17/h1-7H,(H,16,17). The summed E-state index contributed by atoms with van der Waals surface area (Å²) >= 11 is 9.33. The van der Waals surface area contributed by atoms with E-state index in [4.69, 9.17) is 16.7 Å². The number of benzene rings is 2. The Balaban J connectivity index is 2.39. The topological polar surface area (TPSA) is 37.3 Å². The minimum atomic E-state index is -0.926. The summed E-state index contributed by atoms with van der Waals surface area (Å²) in [4.78, 5) is 10.7. The minimum Gasteiger partial charge on any atom is -0.478 e. The van der Waals surface area contributed by atoms with Gasteiger partial charge in [0.1, 0.15) is 0 Å². The van der Waals surface area contributed by atoms with Crippen molar-refractivity contribution in [1.29, 1.82) is 0 Å². The first-order valence-electron chi connectivity index (χ1n) is 4.87. The molecular formula is C13H8BrClO2. The molecule has 2 nitrogen and oxygen atoms in total. The van der Waals surface area contributed by atoms with E-state index in [1.807, 2.05) is 18.2 Å². The van der Waals surface area contributed by atoms with Gasteiger partial charge in [-0.2, -0.15) is 0 Å². The van der Waals surface area contributed by atoms with Gasteiger partial charge in [0.25, 0.3) is 0 Å². The van der Waals surface area contributed by atoms with E-state index < -0.39 is 5.97 Å². The number of rotatable bonds is 2. The first-order valence-corrected chi connectivity index (χ1v) is 6.04. The van der Waals surface area contributed by atoms with Crippen LogP contribution in [0.2, 0.25) is 5.02 Å². The zero-order valence-electron chi connectivity index (χ0n) is 8.65. The van der Waals surface area contributed by atoms with Crippen LogP contribution in [0, 0.1) is 0 Å². The van der Waals surface area contributed by atoms with Crippen molar-refractivity contribution >= 4 is 33.5 Å². The number of halogens is 2. The second-order valence-electron chi connectivity index (χ2n) is 3.51. The van der Waals surface area contributed by atoms with E-state index >= 15 is 0 Å². The summed E-state index contributed by atoms with van der Waals surface area (Å²) in [6, 6.07) is 12.3. The summed E-state index contributed by atoms with van der Waals surface area (Å²) in [5.41, 5.74) is 2.16. The van der Waals surface area contributed by atoms with Crippen molar-refractivity contribution in [2.24, 2.45) is 0 Å². The maximum absolute atomic E-state index is 10.7. The zero-order valence-corrected chi connectivity index (χ0v) is 11.0. The van der Waals surface area contributed by atoms with Gasteiger partial charge >= 0.3 is 5.97 Å². The number of hydrogen-bond acceptors (Lipinski definition) is 1. The van der Waals surface area contributed by atoms with E-state index in [-0.39, 0.29) is 5.56 Å². The van der Waals surface area contributed by atoms with Gasteiger partial charge in [0.05, 0.1) is 10.6 Å². The second-order valence-corrected chi connectivity index (χ2v) is 4.77. The maximum Gasteiger partial charge on any atom is 0.335 e. The van der Waals surface area contributed by atoms with E-state index in [0.29, 0.717) is 5.02 Å². The average Bonchev–Trinajstić information content (AvgIpc) is 2.33. The first-order chi connectivity index (χ1) is 8.08. The third kappa shape index (κ3) is 2.68. The molecule has 0 unspecified atom stereocenters. The lowest BCUT2D eigenvalue weighted by molar-refractivity contribution is 0.0697. The highest BCUT2D eigenvalue weighted by atomic mass is 79.9. The number of hydrogen-bond donors (Lipinski definition) is 1. The number of aromatic carboxylic acids is 1. The van der Waals surface area contributed by atoms with Gasteiger partial charge in [-0.25, -0.2) is 4.79 Å². The molecule has 0 amide bonds. The average molecular weight is 312 g/mol. The predicted molar refractivity (Wildman–Crippen MR) is 71.5 cm³/mol. The van der Waals surface area contributed by atoms with Crippen LogP contribution < -0.4 is 0 Å². The van der Waals surface area contributed by atoms with Crippen molar-refractivity contribution in [2.75, 3.05) is 0 Å². The molecule has 4 heteroatoms. The molecule has 86 valence electrons. The van der Waals surface area contributed by atoms with Gasteiger partial charge in [0.15, 0.2) is 0 Å². The first kappa shape index (κ1) is 12.1. The molecule has 0 heterocycles. The zero-order chi connectivity index (χ0) is 12.4. The van der Waals surface area contributed by atoms with Crippen LogP contribution in [0.3, 0.4) is 0 Å². The molecule has 0 saturated carbocycles. The maximum atomic E-state index is 10.7. The van der Waals surface area contributed by atoms with E-state index in [2.05, 4.69) is 15.9 Å². The smallest absolute Gasteiger partial charge is 0.335 e. The van der Waals surface area contributed by atoms with Crippen molar-refractivity contribution in [3.05, 3.63) is 57.5 Å². The van der Waals surface area contributed by atoms with Crippen LogP contribution in [-0.4, -0.2) is 11.1 Å². The fourth-order valence-electron chi connectivity index (χ4n) is 1.48. The monoisotopic (exact) mass is 310 g/mol. The highest BCUT2D eigenvalue weighted by molar-refractivity contribution is 9.10. The highest BCUT2D eigenvalue weighted by Gasteiger charge is 2.04. The van der Waals surface area contributed by atoms with E-state index in [1.165, 1.54) is 0 Å². The second kappa shape index (κ2) is 4.90. The van der Waals surface area contributed by atoms with Gasteiger partial charge in [-0.1, -0.05) is 29.8 Å². The largest absolute Gasteiger partial charge is 0.478 e. The summed E-state index contributed by atoms with van der Waals surface area (Å²) in [6.45, 7) is 0. The summed E-state index contributed by atoms with van der Waals surface area (Å²) in [5.74, 6) is -0.926. The SMILES string of the molecule is O=C(O)c1ccc(-c2ccc(Br)c(Cl)c2)cc1. The summed E-state index contributed by atoms with van der Waals surface area (Å²) in [7, 11) is 0. The molecule has 1 N–H and O–H groups in total.